The normalized spacial score (nSPS) is 10.7. The number of aromatic nitrogens is 2. The molecule has 2 amide bonds. The average Bonchev–Trinajstić information content (AvgIpc) is 2.91. The fraction of sp³-hybridized carbons (Fsp3) is 0.0769. The predicted molar refractivity (Wildman–Crippen MR) is 79.9 cm³/mol. The number of nitrogens with one attached hydrogen (secondary N) is 3. The molecule has 0 atom stereocenters. The van der Waals surface area contributed by atoms with Crippen LogP contribution in [0.2, 0.25) is 0 Å². The van der Waals surface area contributed by atoms with Gasteiger partial charge in [0.15, 0.2) is 5.16 Å². The first kappa shape index (κ1) is 15.6. The van der Waals surface area contributed by atoms with Crippen molar-refractivity contribution in [2.75, 3.05) is 5.75 Å². The van der Waals surface area contributed by atoms with Crippen LogP contribution in [0.3, 0.4) is 0 Å². The third-order valence-corrected chi connectivity index (χ3v) is 3.28. The number of aromatic amines is 1. The number of fused-ring (bicyclic) bond motifs is 1. The molecule has 0 unspecified atom stereocenters. The third-order valence-electron chi connectivity index (χ3n) is 2.41. The van der Waals surface area contributed by atoms with Crippen molar-refractivity contribution in [1.82, 2.24) is 20.8 Å². The maximum atomic E-state index is 11.5. The number of nitrogens with zero attached hydrogens (tertiary/aromatic N) is 1. The molecule has 2 rings (SSSR count). The highest BCUT2D eigenvalue weighted by Crippen LogP contribution is 2.18. The van der Waals surface area contributed by atoms with Crippen molar-refractivity contribution < 1.29 is 19.5 Å². The maximum absolute atomic E-state index is 11.5. The van der Waals surface area contributed by atoms with E-state index in [-0.39, 0.29) is 5.75 Å². The zero-order valence-electron chi connectivity index (χ0n) is 11.2. The van der Waals surface area contributed by atoms with Gasteiger partial charge in [0.25, 0.3) is 5.91 Å². The van der Waals surface area contributed by atoms with Gasteiger partial charge in [0, 0.05) is 12.2 Å². The summed E-state index contributed by atoms with van der Waals surface area (Å²) >= 11 is 1.18. The van der Waals surface area contributed by atoms with Crippen LogP contribution in [0.25, 0.3) is 11.0 Å². The number of rotatable bonds is 5. The summed E-state index contributed by atoms with van der Waals surface area (Å²) in [6.07, 6.45) is 1.47. The lowest BCUT2D eigenvalue weighted by Gasteiger charge is -2.03. The Morgan fingerprint density at radius 2 is 2.00 bits per heavy atom. The van der Waals surface area contributed by atoms with Gasteiger partial charge in [-0.25, -0.2) is 9.78 Å². The highest BCUT2D eigenvalue weighted by Gasteiger charge is 2.07. The molecule has 0 aliphatic carbocycles. The molecule has 0 saturated carbocycles. The Labute approximate surface area is 129 Å². The molecule has 2 aromatic rings. The molecule has 0 radical (unpaired) electrons. The standard InChI is InChI=1S/C13H12N4O4S/c18-10(5-6-12(20)21)16-17-11(19)7-22-13-14-8-3-1-2-4-9(8)15-13/h1-6H,7H2,(H,14,15)(H,16,18)(H,17,19)(H,20,21). The molecular formula is C13H12N4O4S. The number of H-pyrrole nitrogens is 1. The third kappa shape index (κ3) is 4.63. The predicted octanol–water partition coefficient (Wildman–Crippen LogP) is 0.443. The largest absolute Gasteiger partial charge is 0.478 e. The summed E-state index contributed by atoms with van der Waals surface area (Å²) in [5.74, 6) is -2.38. The number of para-hydroxylation sites is 2. The van der Waals surface area contributed by atoms with Crippen molar-refractivity contribution in [3.63, 3.8) is 0 Å². The molecule has 0 aliphatic rings. The molecule has 1 heterocycles. The minimum Gasteiger partial charge on any atom is -0.478 e. The average molecular weight is 320 g/mol. The van der Waals surface area contributed by atoms with E-state index in [1.165, 1.54) is 11.8 Å². The highest BCUT2D eigenvalue weighted by atomic mass is 32.2. The van der Waals surface area contributed by atoms with Crippen molar-refractivity contribution in [3.05, 3.63) is 36.4 Å². The Hall–Kier alpha value is -2.81. The molecular weight excluding hydrogens is 308 g/mol. The van der Waals surface area contributed by atoms with E-state index in [0.717, 1.165) is 17.1 Å². The number of amides is 2. The second-order valence-corrected chi connectivity index (χ2v) is 5.02. The smallest absolute Gasteiger partial charge is 0.328 e. The van der Waals surface area contributed by atoms with Gasteiger partial charge in [0.05, 0.1) is 16.8 Å². The van der Waals surface area contributed by atoms with Crippen LogP contribution in [0.15, 0.2) is 41.6 Å². The second kappa shape index (κ2) is 7.27. The Bertz CT molecular complexity index is 707. The van der Waals surface area contributed by atoms with Gasteiger partial charge in [0.2, 0.25) is 5.91 Å². The lowest BCUT2D eigenvalue weighted by Crippen LogP contribution is -2.41. The number of benzene rings is 1. The SMILES string of the molecule is O=C(O)C=CC(=O)NNC(=O)CSc1nc2ccccc2[nH]1. The van der Waals surface area contributed by atoms with Crippen molar-refractivity contribution in [2.24, 2.45) is 0 Å². The number of hydrazine groups is 1. The minimum absolute atomic E-state index is 0.0444. The lowest BCUT2D eigenvalue weighted by atomic mass is 10.3. The number of carboxylic acid groups (broad SMARTS) is 1. The van der Waals surface area contributed by atoms with Crippen LogP contribution in [-0.2, 0) is 14.4 Å². The van der Waals surface area contributed by atoms with Gasteiger partial charge in [-0.2, -0.15) is 0 Å². The zero-order chi connectivity index (χ0) is 15.9. The molecule has 0 aliphatic heterocycles. The van der Waals surface area contributed by atoms with Crippen LogP contribution < -0.4 is 10.9 Å². The van der Waals surface area contributed by atoms with Gasteiger partial charge < -0.3 is 10.1 Å². The Morgan fingerprint density at radius 3 is 2.73 bits per heavy atom. The first-order chi connectivity index (χ1) is 10.5. The number of hydrogen-bond donors (Lipinski definition) is 4. The van der Waals surface area contributed by atoms with Crippen molar-refractivity contribution in [1.29, 1.82) is 0 Å². The van der Waals surface area contributed by atoms with E-state index in [1.807, 2.05) is 24.3 Å². The molecule has 1 aromatic carbocycles. The number of carbonyl (C=O) groups excluding carboxylic acids is 2. The number of aliphatic carboxylic acids is 1. The summed E-state index contributed by atoms with van der Waals surface area (Å²) in [5.41, 5.74) is 5.91. The van der Waals surface area contributed by atoms with Crippen LogP contribution >= 0.6 is 11.8 Å². The van der Waals surface area contributed by atoms with Crippen molar-refractivity contribution >= 4 is 40.6 Å². The summed E-state index contributed by atoms with van der Waals surface area (Å²) in [6, 6.07) is 7.47. The van der Waals surface area contributed by atoms with E-state index < -0.39 is 17.8 Å². The van der Waals surface area contributed by atoms with Gasteiger partial charge in [-0.15, -0.1) is 0 Å². The number of carbonyl (C=O) groups is 3. The maximum Gasteiger partial charge on any atom is 0.328 e. The molecule has 1 aromatic heterocycles. The van der Waals surface area contributed by atoms with Gasteiger partial charge in [-0.3, -0.25) is 20.4 Å². The summed E-state index contributed by atoms with van der Waals surface area (Å²) in [4.78, 5) is 40.2. The minimum atomic E-state index is -1.25. The lowest BCUT2D eigenvalue weighted by molar-refractivity contribution is -0.131. The fourth-order valence-corrected chi connectivity index (χ4v) is 2.17. The molecule has 0 bridgehead atoms. The Kier molecular flexibility index (Phi) is 5.15. The van der Waals surface area contributed by atoms with E-state index in [1.54, 1.807) is 0 Å². The molecule has 8 nitrogen and oxygen atoms in total. The van der Waals surface area contributed by atoms with Crippen molar-refractivity contribution in [3.8, 4) is 0 Å². The number of imidazole rings is 1. The number of thioether (sulfide) groups is 1. The number of carboxylic acids is 1. The van der Waals surface area contributed by atoms with Gasteiger partial charge >= 0.3 is 5.97 Å². The van der Waals surface area contributed by atoms with Crippen LogP contribution in [0.5, 0.6) is 0 Å². The second-order valence-electron chi connectivity index (χ2n) is 4.06. The monoisotopic (exact) mass is 320 g/mol. The van der Waals surface area contributed by atoms with Crippen LogP contribution in [0, 0.1) is 0 Å². The molecule has 0 spiro atoms. The Balaban J connectivity index is 1.78. The van der Waals surface area contributed by atoms with E-state index in [4.69, 9.17) is 5.11 Å². The van der Waals surface area contributed by atoms with E-state index in [0.29, 0.717) is 11.2 Å². The zero-order valence-corrected chi connectivity index (χ0v) is 12.0. The van der Waals surface area contributed by atoms with Crippen LogP contribution in [0.4, 0.5) is 0 Å². The fourth-order valence-electron chi connectivity index (χ4n) is 1.49. The van der Waals surface area contributed by atoms with Crippen molar-refractivity contribution in [2.45, 2.75) is 5.16 Å². The van der Waals surface area contributed by atoms with E-state index >= 15 is 0 Å². The van der Waals surface area contributed by atoms with Crippen LogP contribution in [-0.4, -0.2) is 38.6 Å². The summed E-state index contributed by atoms with van der Waals surface area (Å²) in [6.45, 7) is 0. The summed E-state index contributed by atoms with van der Waals surface area (Å²) in [5, 5.41) is 8.93. The molecule has 114 valence electrons. The highest BCUT2D eigenvalue weighted by molar-refractivity contribution is 7.99. The molecule has 4 N–H and O–H groups in total. The van der Waals surface area contributed by atoms with Gasteiger partial charge in [-0.05, 0) is 12.1 Å². The van der Waals surface area contributed by atoms with E-state index in [9.17, 15) is 14.4 Å². The summed E-state index contributed by atoms with van der Waals surface area (Å²) in [7, 11) is 0. The molecule has 0 fully saturated rings. The quantitative estimate of drug-likeness (QED) is 0.360. The number of hydrogen-bond acceptors (Lipinski definition) is 5. The van der Waals surface area contributed by atoms with E-state index in [2.05, 4.69) is 20.8 Å². The molecule has 0 saturated heterocycles. The molecule has 22 heavy (non-hydrogen) atoms. The topological polar surface area (TPSA) is 124 Å². The molecule has 9 heteroatoms. The first-order valence-corrected chi connectivity index (χ1v) is 7.10. The Morgan fingerprint density at radius 1 is 1.23 bits per heavy atom. The van der Waals surface area contributed by atoms with Gasteiger partial charge in [0.1, 0.15) is 0 Å². The first-order valence-electron chi connectivity index (χ1n) is 6.12. The van der Waals surface area contributed by atoms with Crippen LogP contribution in [0.1, 0.15) is 0 Å². The van der Waals surface area contributed by atoms with Gasteiger partial charge in [-0.1, -0.05) is 23.9 Å². The summed E-state index contributed by atoms with van der Waals surface area (Å²) < 4.78 is 0.